The number of nitrogens with zero attached hydrogens (tertiary/aromatic N) is 2. The van der Waals surface area contributed by atoms with Crippen LogP contribution in [0.5, 0.6) is 0 Å². The monoisotopic (exact) mass is 381 g/mol. The number of aryl methyl sites for hydroxylation is 1. The van der Waals surface area contributed by atoms with E-state index in [1.807, 2.05) is 42.5 Å². The molecule has 1 atom stereocenters. The van der Waals surface area contributed by atoms with Gasteiger partial charge in [0.15, 0.2) is 5.82 Å². The van der Waals surface area contributed by atoms with Crippen LogP contribution in [0.25, 0.3) is 0 Å². The van der Waals surface area contributed by atoms with Crippen molar-refractivity contribution in [1.29, 1.82) is 0 Å². The second kappa shape index (κ2) is 9.37. The van der Waals surface area contributed by atoms with Crippen molar-refractivity contribution in [1.82, 2.24) is 15.5 Å². The lowest BCUT2D eigenvalue weighted by atomic mass is 9.96. The van der Waals surface area contributed by atoms with Crippen LogP contribution in [0.4, 0.5) is 0 Å². The quantitative estimate of drug-likeness (QED) is 0.578. The van der Waals surface area contributed by atoms with Gasteiger partial charge in [-0.3, -0.25) is 4.79 Å². The van der Waals surface area contributed by atoms with Crippen LogP contribution in [0.3, 0.4) is 0 Å². The number of carbonyl (C=O) groups excluding carboxylic acids is 1. The van der Waals surface area contributed by atoms with E-state index in [2.05, 4.69) is 34.5 Å². The Bertz CT molecular complexity index is 880. The Morgan fingerprint density at radius 1 is 1.15 bits per heavy atom. The maximum atomic E-state index is 12.8. The molecule has 0 spiro atoms. The second-order valence-corrected chi connectivity index (χ2v) is 7.26. The molecule has 1 N–H and O–H groups in total. The van der Waals surface area contributed by atoms with Crippen molar-refractivity contribution in [3.05, 3.63) is 77.4 Å². The summed E-state index contributed by atoms with van der Waals surface area (Å²) in [5.74, 6) is 1.95. The molecule has 1 heterocycles. The minimum absolute atomic E-state index is 0.0609. The summed E-state index contributed by atoms with van der Waals surface area (Å²) >= 11 is 1.52. The van der Waals surface area contributed by atoms with Gasteiger partial charge in [0.1, 0.15) is 0 Å². The first-order valence-electron chi connectivity index (χ1n) is 9.01. The number of hydrogen-bond donors (Lipinski definition) is 1. The molecule has 6 heteroatoms. The highest BCUT2D eigenvalue weighted by atomic mass is 32.2. The maximum Gasteiger partial charge on any atom is 0.252 e. The van der Waals surface area contributed by atoms with Crippen molar-refractivity contribution < 1.29 is 9.32 Å². The summed E-state index contributed by atoms with van der Waals surface area (Å²) in [7, 11) is 0. The lowest BCUT2D eigenvalue weighted by molar-refractivity contribution is 0.0948. The zero-order chi connectivity index (χ0) is 19.1. The molecule has 1 aromatic heterocycles. The minimum Gasteiger partial charge on any atom is -0.351 e. The van der Waals surface area contributed by atoms with Crippen LogP contribution in [0.15, 0.2) is 64.0 Å². The lowest BCUT2D eigenvalue weighted by Crippen LogP contribution is -2.28. The molecule has 3 rings (SSSR count). The Morgan fingerprint density at radius 3 is 2.59 bits per heavy atom. The van der Waals surface area contributed by atoms with Crippen molar-refractivity contribution in [2.75, 3.05) is 6.54 Å². The fourth-order valence-corrected chi connectivity index (χ4v) is 3.74. The van der Waals surface area contributed by atoms with Gasteiger partial charge in [0, 0.05) is 17.4 Å². The molecule has 0 unspecified atom stereocenters. The Labute approximate surface area is 163 Å². The van der Waals surface area contributed by atoms with Crippen LogP contribution in [0, 0.1) is 6.92 Å². The van der Waals surface area contributed by atoms with Crippen LogP contribution in [0.1, 0.15) is 46.9 Å². The molecule has 0 fully saturated rings. The van der Waals surface area contributed by atoms with Gasteiger partial charge in [0.2, 0.25) is 5.89 Å². The van der Waals surface area contributed by atoms with Crippen molar-refractivity contribution in [3.63, 3.8) is 0 Å². The van der Waals surface area contributed by atoms with E-state index in [0.717, 1.165) is 11.3 Å². The van der Waals surface area contributed by atoms with Crippen LogP contribution >= 0.6 is 11.8 Å². The van der Waals surface area contributed by atoms with Gasteiger partial charge in [-0.1, -0.05) is 54.5 Å². The summed E-state index contributed by atoms with van der Waals surface area (Å²) in [4.78, 5) is 17.9. The molecule has 0 saturated heterocycles. The summed E-state index contributed by atoms with van der Waals surface area (Å²) < 4.78 is 5.15. The normalized spacial score (nSPS) is 11.9. The molecule has 27 heavy (non-hydrogen) atoms. The topological polar surface area (TPSA) is 68.0 Å². The van der Waals surface area contributed by atoms with Gasteiger partial charge in [0.05, 0.1) is 11.3 Å². The Kier molecular flexibility index (Phi) is 6.65. The van der Waals surface area contributed by atoms with Crippen molar-refractivity contribution in [2.24, 2.45) is 0 Å². The zero-order valence-electron chi connectivity index (χ0n) is 15.5. The van der Waals surface area contributed by atoms with E-state index in [4.69, 9.17) is 4.52 Å². The Morgan fingerprint density at radius 2 is 1.89 bits per heavy atom. The van der Waals surface area contributed by atoms with E-state index < -0.39 is 0 Å². The van der Waals surface area contributed by atoms with Crippen LogP contribution in [-0.2, 0) is 5.75 Å². The third kappa shape index (κ3) is 5.20. The van der Waals surface area contributed by atoms with E-state index in [-0.39, 0.29) is 5.91 Å². The minimum atomic E-state index is -0.0609. The van der Waals surface area contributed by atoms with Gasteiger partial charge >= 0.3 is 0 Å². The molecule has 2 aromatic carbocycles. The van der Waals surface area contributed by atoms with E-state index >= 15 is 0 Å². The number of amides is 1. The maximum absolute atomic E-state index is 12.8. The fourth-order valence-electron chi connectivity index (χ4n) is 2.85. The van der Waals surface area contributed by atoms with Crippen LogP contribution < -0.4 is 5.32 Å². The summed E-state index contributed by atoms with van der Waals surface area (Å²) in [6.07, 6.45) is 0.969. The molecule has 0 aliphatic rings. The van der Waals surface area contributed by atoms with Crippen LogP contribution in [-0.4, -0.2) is 22.6 Å². The Balaban J connectivity index is 1.64. The number of aromatic nitrogens is 2. The van der Waals surface area contributed by atoms with Gasteiger partial charge in [0.25, 0.3) is 5.91 Å². The largest absolute Gasteiger partial charge is 0.351 e. The average molecular weight is 382 g/mol. The predicted octanol–water partition coefficient (Wildman–Crippen LogP) is 4.59. The number of nitrogens with one attached hydrogen (secondary N) is 1. The smallest absolute Gasteiger partial charge is 0.252 e. The lowest BCUT2D eigenvalue weighted by Gasteiger charge is -2.17. The molecule has 1 amide bonds. The Hall–Kier alpha value is -2.60. The molecular weight excluding hydrogens is 358 g/mol. The van der Waals surface area contributed by atoms with E-state index in [9.17, 15) is 4.79 Å². The number of rotatable bonds is 8. The predicted molar refractivity (Wildman–Crippen MR) is 107 cm³/mol. The van der Waals surface area contributed by atoms with Gasteiger partial charge in [-0.25, -0.2) is 0 Å². The van der Waals surface area contributed by atoms with Gasteiger partial charge in [-0.05, 0) is 31.0 Å². The zero-order valence-corrected chi connectivity index (χ0v) is 16.3. The molecular formula is C21H23N3O2S. The summed E-state index contributed by atoms with van der Waals surface area (Å²) in [5.41, 5.74) is 1.91. The first kappa shape index (κ1) is 19.2. The summed E-state index contributed by atoms with van der Waals surface area (Å²) in [6, 6.07) is 17.9. The number of benzene rings is 2. The number of carbonyl (C=O) groups is 1. The second-order valence-electron chi connectivity index (χ2n) is 6.25. The third-order valence-electron chi connectivity index (χ3n) is 4.33. The summed E-state index contributed by atoms with van der Waals surface area (Å²) in [5, 5.41) is 6.88. The SMILES string of the molecule is CC[C@H](CNC(=O)c1ccccc1SCc1nc(C)no1)c1ccccc1. The standard InChI is InChI=1S/C21H23N3O2S/c1-3-16(17-9-5-4-6-10-17)13-22-21(25)18-11-7-8-12-19(18)27-14-20-23-15(2)24-26-20/h4-12,16H,3,13-14H2,1-2H3,(H,22,25)/t16-/m1/s1. The van der Waals surface area contributed by atoms with Gasteiger partial charge in [-0.15, -0.1) is 11.8 Å². The van der Waals surface area contributed by atoms with E-state index in [1.165, 1.54) is 17.3 Å². The highest BCUT2D eigenvalue weighted by molar-refractivity contribution is 7.98. The van der Waals surface area contributed by atoms with E-state index in [0.29, 0.717) is 35.5 Å². The summed E-state index contributed by atoms with van der Waals surface area (Å²) in [6.45, 7) is 4.54. The molecule has 3 aromatic rings. The molecule has 0 saturated carbocycles. The molecule has 0 radical (unpaired) electrons. The van der Waals surface area contributed by atoms with Crippen molar-refractivity contribution >= 4 is 17.7 Å². The van der Waals surface area contributed by atoms with Crippen LogP contribution in [0.2, 0.25) is 0 Å². The third-order valence-corrected chi connectivity index (χ3v) is 5.38. The highest BCUT2D eigenvalue weighted by Crippen LogP contribution is 2.26. The van der Waals surface area contributed by atoms with Crippen molar-refractivity contribution in [2.45, 2.75) is 36.8 Å². The number of hydrogen-bond acceptors (Lipinski definition) is 5. The van der Waals surface area contributed by atoms with E-state index in [1.54, 1.807) is 6.92 Å². The fraction of sp³-hybridized carbons (Fsp3) is 0.286. The molecule has 5 nitrogen and oxygen atoms in total. The van der Waals surface area contributed by atoms with Gasteiger partial charge < -0.3 is 9.84 Å². The molecule has 0 aliphatic carbocycles. The average Bonchev–Trinajstić information content (AvgIpc) is 3.13. The van der Waals surface area contributed by atoms with Gasteiger partial charge in [-0.2, -0.15) is 4.98 Å². The first-order valence-corrected chi connectivity index (χ1v) is 10.00. The number of thioether (sulfide) groups is 1. The first-order chi connectivity index (χ1) is 13.2. The molecule has 140 valence electrons. The van der Waals surface area contributed by atoms with Crippen molar-refractivity contribution in [3.8, 4) is 0 Å². The molecule has 0 aliphatic heterocycles. The highest BCUT2D eigenvalue weighted by Gasteiger charge is 2.15. The molecule has 0 bridgehead atoms.